The highest BCUT2D eigenvalue weighted by atomic mass is 16.1. The molecule has 5 nitrogen and oxygen atoms in total. The molecule has 1 N–H and O–H groups in total. The van der Waals surface area contributed by atoms with Crippen molar-refractivity contribution in [2.24, 2.45) is 0 Å². The van der Waals surface area contributed by atoms with E-state index < -0.39 is 0 Å². The van der Waals surface area contributed by atoms with Crippen LogP contribution in [-0.2, 0) is 11.3 Å². The van der Waals surface area contributed by atoms with Crippen LogP contribution in [0.1, 0.15) is 32.0 Å². The minimum Gasteiger partial charge on any atom is -0.356 e. The van der Waals surface area contributed by atoms with E-state index in [-0.39, 0.29) is 11.5 Å². The van der Waals surface area contributed by atoms with Crippen LogP contribution in [0.2, 0.25) is 0 Å². The van der Waals surface area contributed by atoms with Gasteiger partial charge in [0.05, 0.1) is 10.9 Å². The summed E-state index contributed by atoms with van der Waals surface area (Å²) in [7, 11) is 0. The molecule has 1 heterocycles. The molecule has 112 valence electrons. The maximum absolute atomic E-state index is 12.4. The number of nitrogens with one attached hydrogen (secondary N) is 1. The van der Waals surface area contributed by atoms with Crippen molar-refractivity contribution in [2.45, 2.75) is 39.7 Å². The summed E-state index contributed by atoms with van der Waals surface area (Å²) >= 11 is 0. The molecule has 0 saturated carbocycles. The van der Waals surface area contributed by atoms with Gasteiger partial charge in [0.2, 0.25) is 5.91 Å². The molecule has 5 heteroatoms. The van der Waals surface area contributed by atoms with Crippen molar-refractivity contribution in [3.05, 3.63) is 40.4 Å². The lowest BCUT2D eigenvalue weighted by Crippen LogP contribution is -2.26. The summed E-state index contributed by atoms with van der Waals surface area (Å²) < 4.78 is 1.65. The molecule has 0 aliphatic rings. The van der Waals surface area contributed by atoms with Crippen molar-refractivity contribution in [1.29, 1.82) is 0 Å². The van der Waals surface area contributed by atoms with Crippen molar-refractivity contribution < 1.29 is 4.79 Å². The first kappa shape index (κ1) is 15.2. The number of hydrogen-bond donors (Lipinski definition) is 1. The van der Waals surface area contributed by atoms with Gasteiger partial charge in [-0.1, -0.05) is 19.1 Å². The fourth-order valence-electron chi connectivity index (χ4n) is 2.29. The molecule has 1 aromatic heterocycles. The molecule has 0 radical (unpaired) electrons. The number of rotatable bonds is 6. The third-order valence-corrected chi connectivity index (χ3v) is 3.41. The van der Waals surface area contributed by atoms with Crippen LogP contribution in [-0.4, -0.2) is 22.0 Å². The second-order valence-electron chi connectivity index (χ2n) is 5.09. The second-order valence-corrected chi connectivity index (χ2v) is 5.09. The van der Waals surface area contributed by atoms with Crippen molar-refractivity contribution in [2.75, 3.05) is 6.54 Å². The highest BCUT2D eigenvalue weighted by Gasteiger charge is 2.08. The van der Waals surface area contributed by atoms with Crippen LogP contribution in [0.15, 0.2) is 29.1 Å². The van der Waals surface area contributed by atoms with Crippen LogP contribution in [0.5, 0.6) is 0 Å². The van der Waals surface area contributed by atoms with Gasteiger partial charge in [0.1, 0.15) is 5.82 Å². The van der Waals surface area contributed by atoms with E-state index in [1.165, 1.54) is 0 Å². The molecule has 21 heavy (non-hydrogen) atoms. The van der Waals surface area contributed by atoms with E-state index in [1.54, 1.807) is 10.6 Å². The number of carbonyl (C=O) groups is 1. The van der Waals surface area contributed by atoms with Gasteiger partial charge in [-0.25, -0.2) is 4.98 Å². The average Bonchev–Trinajstić information content (AvgIpc) is 2.48. The minimum absolute atomic E-state index is 0.0351. The molecule has 0 bridgehead atoms. The van der Waals surface area contributed by atoms with Crippen molar-refractivity contribution in [3.63, 3.8) is 0 Å². The van der Waals surface area contributed by atoms with Crippen LogP contribution in [0, 0.1) is 6.92 Å². The maximum atomic E-state index is 12.4. The Morgan fingerprint density at radius 3 is 2.86 bits per heavy atom. The fourth-order valence-corrected chi connectivity index (χ4v) is 2.29. The van der Waals surface area contributed by atoms with Gasteiger partial charge in [0.15, 0.2) is 0 Å². The van der Waals surface area contributed by atoms with E-state index in [2.05, 4.69) is 10.3 Å². The van der Waals surface area contributed by atoms with E-state index in [4.69, 9.17) is 0 Å². The molecule has 0 aliphatic heterocycles. The second kappa shape index (κ2) is 7.02. The zero-order valence-electron chi connectivity index (χ0n) is 12.6. The first-order valence-corrected chi connectivity index (χ1v) is 7.36. The Balaban J connectivity index is 2.09. The Bertz CT molecular complexity index is 691. The van der Waals surface area contributed by atoms with E-state index >= 15 is 0 Å². The Hall–Kier alpha value is -2.17. The number of fused-ring (bicyclic) bond motifs is 1. The predicted molar refractivity (Wildman–Crippen MR) is 83.3 cm³/mol. The molecular weight excluding hydrogens is 266 g/mol. The van der Waals surface area contributed by atoms with E-state index in [9.17, 15) is 9.59 Å². The number of aryl methyl sites for hydroxylation is 1. The summed E-state index contributed by atoms with van der Waals surface area (Å²) in [6.45, 7) is 5.06. The molecule has 0 spiro atoms. The van der Waals surface area contributed by atoms with Gasteiger partial charge in [0.25, 0.3) is 5.56 Å². The van der Waals surface area contributed by atoms with Gasteiger partial charge in [-0.2, -0.15) is 0 Å². The summed E-state index contributed by atoms with van der Waals surface area (Å²) in [6.07, 6.45) is 1.99. The molecule has 0 atom stereocenters. The summed E-state index contributed by atoms with van der Waals surface area (Å²) in [6, 6.07) is 7.33. The summed E-state index contributed by atoms with van der Waals surface area (Å²) in [4.78, 5) is 28.4. The lowest BCUT2D eigenvalue weighted by molar-refractivity contribution is -0.121. The number of para-hydroxylation sites is 1. The third-order valence-electron chi connectivity index (χ3n) is 3.41. The van der Waals surface area contributed by atoms with Gasteiger partial charge in [-0.3, -0.25) is 14.2 Å². The van der Waals surface area contributed by atoms with Gasteiger partial charge >= 0.3 is 0 Å². The van der Waals surface area contributed by atoms with Gasteiger partial charge in [-0.05, 0) is 31.9 Å². The van der Waals surface area contributed by atoms with Gasteiger partial charge in [-0.15, -0.1) is 0 Å². The highest BCUT2D eigenvalue weighted by molar-refractivity contribution is 5.77. The number of benzene rings is 1. The fraction of sp³-hybridized carbons (Fsp3) is 0.438. The van der Waals surface area contributed by atoms with E-state index in [1.807, 2.05) is 32.0 Å². The zero-order valence-corrected chi connectivity index (χ0v) is 12.6. The number of hydrogen-bond acceptors (Lipinski definition) is 3. The van der Waals surface area contributed by atoms with Crippen LogP contribution in [0.3, 0.4) is 0 Å². The van der Waals surface area contributed by atoms with Crippen molar-refractivity contribution >= 4 is 16.8 Å². The van der Waals surface area contributed by atoms with Crippen LogP contribution in [0.4, 0.5) is 0 Å². The number of nitrogens with zero attached hydrogens (tertiary/aromatic N) is 2. The van der Waals surface area contributed by atoms with Crippen molar-refractivity contribution in [3.8, 4) is 0 Å². The molecule has 0 fully saturated rings. The Labute approximate surface area is 124 Å². The largest absolute Gasteiger partial charge is 0.356 e. The average molecular weight is 287 g/mol. The first-order chi connectivity index (χ1) is 10.1. The zero-order chi connectivity index (χ0) is 15.2. The highest BCUT2D eigenvalue weighted by Crippen LogP contribution is 2.08. The predicted octanol–water partition coefficient (Wildman–Crippen LogP) is 2.01. The Morgan fingerprint density at radius 2 is 2.10 bits per heavy atom. The van der Waals surface area contributed by atoms with E-state index in [0.29, 0.717) is 37.1 Å². The van der Waals surface area contributed by atoms with E-state index in [0.717, 1.165) is 11.9 Å². The molecule has 0 unspecified atom stereocenters. The van der Waals surface area contributed by atoms with Crippen LogP contribution >= 0.6 is 0 Å². The molecule has 0 saturated heterocycles. The monoisotopic (exact) mass is 287 g/mol. The molecule has 1 aromatic carbocycles. The standard InChI is InChI=1S/C16H21N3O2/c1-3-10-17-15(20)9-6-11-19-12(2)18-14-8-5-4-7-13(14)16(19)21/h4-5,7-8H,3,6,9-11H2,1-2H3,(H,17,20). The maximum Gasteiger partial charge on any atom is 0.261 e. The third kappa shape index (κ3) is 3.68. The Kier molecular flexibility index (Phi) is 5.09. The summed E-state index contributed by atoms with van der Waals surface area (Å²) in [5.41, 5.74) is 0.684. The van der Waals surface area contributed by atoms with Crippen LogP contribution in [0.25, 0.3) is 10.9 Å². The SMILES string of the molecule is CCCNC(=O)CCCn1c(C)nc2ccccc2c1=O. The van der Waals surface area contributed by atoms with Crippen molar-refractivity contribution in [1.82, 2.24) is 14.9 Å². The molecular formula is C16H21N3O2. The number of amides is 1. The lowest BCUT2D eigenvalue weighted by Gasteiger charge is -2.10. The Morgan fingerprint density at radius 1 is 1.33 bits per heavy atom. The molecule has 1 amide bonds. The van der Waals surface area contributed by atoms with Gasteiger partial charge < -0.3 is 5.32 Å². The normalized spacial score (nSPS) is 10.8. The summed E-state index contributed by atoms with van der Waals surface area (Å²) in [5, 5.41) is 3.46. The molecule has 0 aliphatic carbocycles. The molecule has 2 aromatic rings. The summed E-state index contributed by atoms with van der Waals surface area (Å²) in [5.74, 6) is 0.726. The quantitative estimate of drug-likeness (QED) is 0.884. The smallest absolute Gasteiger partial charge is 0.261 e. The molecule has 2 rings (SSSR count). The lowest BCUT2D eigenvalue weighted by atomic mass is 10.2. The first-order valence-electron chi connectivity index (χ1n) is 7.36. The van der Waals surface area contributed by atoms with Crippen LogP contribution < -0.4 is 10.9 Å². The topological polar surface area (TPSA) is 64.0 Å². The number of carbonyl (C=O) groups excluding carboxylic acids is 1. The minimum atomic E-state index is -0.0351. The van der Waals surface area contributed by atoms with Gasteiger partial charge in [0, 0.05) is 19.5 Å². The number of aromatic nitrogens is 2.